The molecule has 13 heavy (non-hydrogen) atoms. The van der Waals surface area contributed by atoms with Gasteiger partial charge in [-0.05, 0) is 23.1 Å². The van der Waals surface area contributed by atoms with E-state index in [1.165, 1.54) is 16.7 Å². The van der Waals surface area contributed by atoms with Gasteiger partial charge in [0.15, 0.2) is 0 Å². The Balaban J connectivity index is 2.46. The molecule has 2 N–H and O–H groups in total. The first-order valence-electron chi connectivity index (χ1n) is 4.81. The van der Waals surface area contributed by atoms with Gasteiger partial charge in [-0.2, -0.15) is 0 Å². The fourth-order valence-electron chi connectivity index (χ4n) is 2.07. The highest BCUT2D eigenvalue weighted by Crippen LogP contribution is 2.28. The minimum atomic E-state index is 0.158. The van der Waals surface area contributed by atoms with Crippen molar-refractivity contribution in [3.8, 4) is 0 Å². The average molecular weight is 177 g/mol. The highest BCUT2D eigenvalue weighted by molar-refractivity contribution is 5.40. The molecular formula is C11H15NO. The normalized spacial score (nSPS) is 20.3. The van der Waals surface area contributed by atoms with Gasteiger partial charge < -0.3 is 10.4 Å². The van der Waals surface area contributed by atoms with Gasteiger partial charge in [-0.25, -0.2) is 0 Å². The van der Waals surface area contributed by atoms with Crippen molar-refractivity contribution in [2.24, 2.45) is 0 Å². The van der Waals surface area contributed by atoms with E-state index in [0.29, 0.717) is 0 Å². The first-order chi connectivity index (χ1) is 6.36. The summed E-state index contributed by atoms with van der Waals surface area (Å²) < 4.78 is 0. The first-order valence-corrected chi connectivity index (χ1v) is 4.81. The average Bonchev–Trinajstić information content (AvgIpc) is 2.60. The van der Waals surface area contributed by atoms with E-state index in [1.54, 1.807) is 0 Å². The third-order valence-corrected chi connectivity index (χ3v) is 2.74. The van der Waals surface area contributed by atoms with Crippen LogP contribution < -0.4 is 5.32 Å². The van der Waals surface area contributed by atoms with E-state index in [-0.39, 0.29) is 12.6 Å². The van der Waals surface area contributed by atoms with Crippen LogP contribution in [0.4, 0.5) is 0 Å². The van der Waals surface area contributed by atoms with E-state index in [4.69, 9.17) is 0 Å². The Kier molecular flexibility index (Phi) is 2.34. The number of aryl methyl sites for hydroxylation is 1. The Labute approximate surface area is 78.6 Å². The molecule has 0 bridgehead atoms. The van der Waals surface area contributed by atoms with Crippen molar-refractivity contribution in [3.05, 3.63) is 34.9 Å². The lowest BCUT2D eigenvalue weighted by atomic mass is 9.97. The summed E-state index contributed by atoms with van der Waals surface area (Å²) in [7, 11) is 0. The lowest BCUT2D eigenvalue weighted by molar-refractivity contribution is 0.251. The molecule has 0 unspecified atom stereocenters. The summed E-state index contributed by atoms with van der Waals surface area (Å²) in [5.74, 6) is 0. The number of aliphatic hydroxyl groups excluding tert-OH is 1. The lowest BCUT2D eigenvalue weighted by Gasteiger charge is -2.12. The summed E-state index contributed by atoms with van der Waals surface area (Å²) in [6, 6.07) is 6.54. The van der Waals surface area contributed by atoms with Crippen LogP contribution >= 0.6 is 0 Å². The van der Waals surface area contributed by atoms with Crippen molar-refractivity contribution in [2.45, 2.75) is 25.9 Å². The zero-order valence-corrected chi connectivity index (χ0v) is 7.88. The summed E-state index contributed by atoms with van der Waals surface area (Å²) in [6.45, 7) is 3.25. The third-order valence-electron chi connectivity index (χ3n) is 2.74. The molecule has 0 radical (unpaired) electrons. The van der Waals surface area contributed by atoms with E-state index in [1.807, 2.05) is 0 Å². The molecule has 1 aromatic carbocycles. The number of nitrogens with one attached hydrogen (secondary N) is 1. The van der Waals surface area contributed by atoms with Crippen molar-refractivity contribution in [2.75, 3.05) is 6.61 Å². The van der Waals surface area contributed by atoms with Crippen molar-refractivity contribution < 1.29 is 5.11 Å². The van der Waals surface area contributed by atoms with Gasteiger partial charge in [0.1, 0.15) is 0 Å². The molecule has 0 saturated carbocycles. The van der Waals surface area contributed by atoms with Crippen LogP contribution in [0.3, 0.4) is 0 Å². The molecule has 1 heterocycles. The highest BCUT2D eigenvalue weighted by atomic mass is 16.3. The standard InChI is InChI=1S/C11H15NO/c1-2-8-4-3-5-9-6-12-10(7-13)11(8)9/h3-5,10,12-13H,2,6-7H2,1H3/t10-/m1/s1. The predicted octanol–water partition coefficient (Wildman–Crippen LogP) is 1.39. The zero-order valence-electron chi connectivity index (χ0n) is 7.88. The van der Waals surface area contributed by atoms with Crippen LogP contribution in [0.2, 0.25) is 0 Å². The molecule has 1 aromatic rings. The van der Waals surface area contributed by atoms with E-state index < -0.39 is 0 Å². The van der Waals surface area contributed by atoms with Gasteiger partial charge in [-0.15, -0.1) is 0 Å². The summed E-state index contributed by atoms with van der Waals surface area (Å²) in [6.07, 6.45) is 1.04. The smallest absolute Gasteiger partial charge is 0.0626 e. The summed E-state index contributed by atoms with van der Waals surface area (Å²) in [5, 5.41) is 12.5. The number of benzene rings is 1. The Morgan fingerprint density at radius 2 is 2.38 bits per heavy atom. The van der Waals surface area contributed by atoms with E-state index in [2.05, 4.69) is 30.4 Å². The van der Waals surface area contributed by atoms with Gasteiger partial charge in [0, 0.05) is 6.54 Å². The molecule has 1 aliphatic rings. The van der Waals surface area contributed by atoms with E-state index in [9.17, 15) is 5.11 Å². The summed E-state index contributed by atoms with van der Waals surface area (Å²) >= 11 is 0. The minimum absolute atomic E-state index is 0.158. The Morgan fingerprint density at radius 3 is 3.08 bits per heavy atom. The third kappa shape index (κ3) is 1.36. The molecule has 0 amide bonds. The van der Waals surface area contributed by atoms with Crippen molar-refractivity contribution in [1.29, 1.82) is 0 Å². The monoisotopic (exact) mass is 177 g/mol. The number of rotatable bonds is 2. The minimum Gasteiger partial charge on any atom is -0.394 e. The van der Waals surface area contributed by atoms with Gasteiger partial charge in [-0.3, -0.25) is 0 Å². The van der Waals surface area contributed by atoms with Crippen LogP contribution in [0.15, 0.2) is 18.2 Å². The van der Waals surface area contributed by atoms with Gasteiger partial charge in [0.05, 0.1) is 12.6 Å². The molecule has 0 aromatic heterocycles. The highest BCUT2D eigenvalue weighted by Gasteiger charge is 2.22. The van der Waals surface area contributed by atoms with Crippen LogP contribution in [0.1, 0.15) is 29.7 Å². The van der Waals surface area contributed by atoms with Gasteiger partial charge >= 0.3 is 0 Å². The Morgan fingerprint density at radius 1 is 1.54 bits per heavy atom. The Hall–Kier alpha value is -0.860. The van der Waals surface area contributed by atoms with Crippen molar-refractivity contribution in [1.82, 2.24) is 5.32 Å². The van der Waals surface area contributed by atoms with Crippen LogP contribution in [-0.4, -0.2) is 11.7 Å². The number of aliphatic hydroxyl groups is 1. The van der Waals surface area contributed by atoms with Crippen LogP contribution in [0.5, 0.6) is 0 Å². The lowest BCUT2D eigenvalue weighted by Crippen LogP contribution is -2.16. The second kappa shape index (κ2) is 3.48. The second-order valence-electron chi connectivity index (χ2n) is 3.46. The molecule has 0 aliphatic carbocycles. The maximum atomic E-state index is 9.17. The fraction of sp³-hybridized carbons (Fsp3) is 0.455. The molecular weight excluding hydrogens is 162 g/mol. The molecule has 0 saturated heterocycles. The topological polar surface area (TPSA) is 32.3 Å². The molecule has 0 spiro atoms. The number of hydrogen-bond donors (Lipinski definition) is 2. The van der Waals surface area contributed by atoms with Crippen LogP contribution in [0, 0.1) is 0 Å². The SMILES string of the molecule is CCc1cccc2c1[C@@H](CO)NC2. The molecule has 1 atom stereocenters. The maximum absolute atomic E-state index is 9.17. The Bertz CT molecular complexity index is 309. The van der Waals surface area contributed by atoms with Crippen LogP contribution in [0.25, 0.3) is 0 Å². The predicted molar refractivity (Wildman–Crippen MR) is 52.5 cm³/mol. The molecule has 2 nitrogen and oxygen atoms in total. The molecule has 0 fully saturated rings. The van der Waals surface area contributed by atoms with E-state index >= 15 is 0 Å². The number of hydrogen-bond acceptors (Lipinski definition) is 2. The van der Waals surface area contributed by atoms with Gasteiger partial charge in [-0.1, -0.05) is 25.1 Å². The summed E-state index contributed by atoms with van der Waals surface area (Å²) in [5.41, 5.74) is 4.03. The summed E-state index contributed by atoms with van der Waals surface area (Å²) in [4.78, 5) is 0. The van der Waals surface area contributed by atoms with Gasteiger partial charge in [0.25, 0.3) is 0 Å². The van der Waals surface area contributed by atoms with Crippen molar-refractivity contribution in [3.63, 3.8) is 0 Å². The zero-order chi connectivity index (χ0) is 9.26. The first kappa shape index (κ1) is 8.73. The van der Waals surface area contributed by atoms with E-state index in [0.717, 1.165) is 13.0 Å². The second-order valence-corrected chi connectivity index (χ2v) is 3.46. The fourth-order valence-corrected chi connectivity index (χ4v) is 2.07. The van der Waals surface area contributed by atoms with Crippen molar-refractivity contribution >= 4 is 0 Å². The van der Waals surface area contributed by atoms with Crippen LogP contribution in [-0.2, 0) is 13.0 Å². The molecule has 1 aliphatic heterocycles. The van der Waals surface area contributed by atoms with Gasteiger partial charge in [0.2, 0.25) is 0 Å². The molecule has 2 heteroatoms. The quantitative estimate of drug-likeness (QED) is 0.715. The molecule has 70 valence electrons. The molecule has 2 rings (SSSR count). The maximum Gasteiger partial charge on any atom is 0.0626 e. The number of fused-ring (bicyclic) bond motifs is 1. The largest absolute Gasteiger partial charge is 0.394 e.